The maximum absolute atomic E-state index is 9.91. The molecule has 0 heterocycles. The molecule has 0 aliphatic rings. The molecule has 28 heavy (non-hydrogen) atoms. The number of unbranched alkanes of at least 4 members (excludes halogenated alkanes) is 15. The summed E-state index contributed by atoms with van der Waals surface area (Å²) in [5.41, 5.74) is 0. The van der Waals surface area contributed by atoms with E-state index in [1.165, 1.54) is 103 Å². The number of rotatable bonds is 20. The Hall–Kier alpha value is 0.710. The highest BCUT2D eigenvalue weighted by atomic mass is 79.9. The van der Waals surface area contributed by atoms with Gasteiger partial charge in [-0.25, -0.2) is 0 Å². The van der Waals surface area contributed by atoms with Crippen molar-refractivity contribution in [3.05, 3.63) is 0 Å². The molecule has 0 aliphatic heterocycles. The van der Waals surface area contributed by atoms with Gasteiger partial charge in [0, 0.05) is 6.92 Å². The summed E-state index contributed by atoms with van der Waals surface area (Å²) in [5.74, 6) is -1.63. The highest BCUT2D eigenvalue weighted by molar-refractivity contribution is 7.98. The van der Waals surface area contributed by atoms with Gasteiger partial charge in [0.1, 0.15) is 5.37 Å². The second-order valence-electron chi connectivity index (χ2n) is 8.48. The van der Waals surface area contributed by atoms with Crippen LogP contribution in [0.3, 0.4) is 0 Å². The Morgan fingerprint density at radius 3 is 1.32 bits per heavy atom. The van der Waals surface area contributed by atoms with Crippen LogP contribution in [0.5, 0.6) is 0 Å². The SMILES string of the molecule is CCCCCCCCCCCCCCCCCC[NH+](C(C)SC)C(C)(O)O.[Br-]. The number of hydrogen-bond donors (Lipinski definition) is 3. The van der Waals surface area contributed by atoms with Gasteiger partial charge < -0.3 is 27.2 Å². The standard InChI is InChI=1S/C23H49NO2S.BrH/c1-5-6-7-8-9-10-11-12-13-14-15-16-17-18-19-20-21-24(22(2)27-4)23(3,25)26;/h22,25-26H,5-21H2,1-4H3;1H. The summed E-state index contributed by atoms with van der Waals surface area (Å²) in [6, 6.07) is 0. The fraction of sp³-hybridized carbons (Fsp3) is 1.00. The molecule has 0 fully saturated rings. The average Bonchev–Trinajstić information content (AvgIpc) is 2.62. The molecule has 0 amide bonds. The first-order valence-corrected chi connectivity index (χ1v) is 13.1. The van der Waals surface area contributed by atoms with Crippen molar-refractivity contribution in [1.29, 1.82) is 0 Å². The third-order valence-corrected chi connectivity index (χ3v) is 6.74. The molecule has 0 spiro atoms. The van der Waals surface area contributed by atoms with Gasteiger partial charge in [-0.1, -0.05) is 96.8 Å². The lowest BCUT2D eigenvalue weighted by atomic mass is 10.0. The van der Waals surface area contributed by atoms with Crippen LogP contribution >= 0.6 is 11.8 Å². The minimum atomic E-state index is -1.63. The first kappa shape index (κ1) is 30.9. The van der Waals surface area contributed by atoms with Crippen LogP contribution < -0.4 is 21.9 Å². The number of halogens is 1. The second kappa shape index (κ2) is 21.0. The topological polar surface area (TPSA) is 44.9 Å². The molecular weight excluding hydrogens is 434 g/mol. The quantitative estimate of drug-likeness (QED) is 0.184. The number of quaternary nitrogens is 1. The molecule has 0 aliphatic carbocycles. The molecule has 0 aromatic heterocycles. The lowest BCUT2D eigenvalue weighted by Gasteiger charge is -2.32. The van der Waals surface area contributed by atoms with Crippen molar-refractivity contribution in [1.82, 2.24) is 0 Å². The first-order chi connectivity index (χ1) is 12.9. The summed E-state index contributed by atoms with van der Waals surface area (Å²) < 4.78 is 0. The summed E-state index contributed by atoms with van der Waals surface area (Å²) >= 11 is 1.69. The Morgan fingerprint density at radius 2 is 1.04 bits per heavy atom. The van der Waals surface area contributed by atoms with Crippen molar-refractivity contribution in [3.63, 3.8) is 0 Å². The summed E-state index contributed by atoms with van der Waals surface area (Å²) in [5, 5.41) is 20.0. The zero-order chi connectivity index (χ0) is 20.4. The zero-order valence-electron chi connectivity index (χ0n) is 19.3. The maximum Gasteiger partial charge on any atom is 0.310 e. The van der Waals surface area contributed by atoms with Gasteiger partial charge >= 0.3 is 5.91 Å². The van der Waals surface area contributed by atoms with Crippen LogP contribution in [0.15, 0.2) is 0 Å². The fourth-order valence-corrected chi connectivity index (χ4v) is 4.46. The van der Waals surface area contributed by atoms with Crippen molar-refractivity contribution in [3.8, 4) is 0 Å². The smallest absolute Gasteiger partial charge is 0.310 e. The van der Waals surface area contributed by atoms with Gasteiger partial charge in [0.15, 0.2) is 0 Å². The van der Waals surface area contributed by atoms with Crippen LogP contribution in [0.25, 0.3) is 0 Å². The normalized spacial score (nSPS) is 13.9. The van der Waals surface area contributed by atoms with Crippen LogP contribution in [0.1, 0.15) is 124 Å². The third-order valence-electron chi connectivity index (χ3n) is 5.75. The van der Waals surface area contributed by atoms with Gasteiger partial charge in [-0.2, -0.15) is 0 Å². The Morgan fingerprint density at radius 1 is 0.714 bits per heavy atom. The molecule has 2 unspecified atom stereocenters. The van der Waals surface area contributed by atoms with E-state index in [4.69, 9.17) is 0 Å². The van der Waals surface area contributed by atoms with Crippen molar-refractivity contribution < 1.29 is 32.1 Å². The minimum Gasteiger partial charge on any atom is -1.00 e. The number of thioether (sulfide) groups is 1. The molecule has 0 aromatic rings. The van der Waals surface area contributed by atoms with E-state index in [2.05, 4.69) is 13.8 Å². The molecule has 0 saturated heterocycles. The molecule has 0 aromatic carbocycles. The summed E-state index contributed by atoms with van der Waals surface area (Å²) in [6.45, 7) is 6.69. The predicted octanol–water partition coefficient (Wildman–Crippen LogP) is 2.50. The second-order valence-corrected chi connectivity index (χ2v) is 9.66. The molecule has 3 nitrogen and oxygen atoms in total. The predicted molar refractivity (Wildman–Crippen MR) is 121 cm³/mol. The van der Waals surface area contributed by atoms with E-state index in [0.717, 1.165) is 17.9 Å². The molecule has 0 radical (unpaired) electrons. The number of nitrogens with one attached hydrogen (secondary N) is 1. The van der Waals surface area contributed by atoms with Gasteiger partial charge in [-0.3, -0.25) is 4.90 Å². The molecule has 0 saturated carbocycles. The molecule has 5 heteroatoms. The Bertz CT molecular complexity index is 313. The lowest BCUT2D eigenvalue weighted by Crippen LogP contribution is -3.22. The maximum atomic E-state index is 9.91. The van der Waals surface area contributed by atoms with Crippen molar-refractivity contribution in [2.75, 3.05) is 12.8 Å². The number of aliphatic hydroxyl groups is 2. The molecule has 2 atom stereocenters. The zero-order valence-corrected chi connectivity index (χ0v) is 21.7. The summed E-state index contributed by atoms with van der Waals surface area (Å²) in [6.07, 6.45) is 23.9. The van der Waals surface area contributed by atoms with Gasteiger partial charge in [0.05, 0.1) is 6.54 Å². The van der Waals surface area contributed by atoms with E-state index in [1.54, 1.807) is 11.8 Å². The van der Waals surface area contributed by atoms with Crippen LogP contribution in [0.4, 0.5) is 0 Å². The van der Waals surface area contributed by atoms with Gasteiger partial charge in [-0.15, -0.1) is 11.8 Å². The Balaban J connectivity index is 0. The van der Waals surface area contributed by atoms with Gasteiger partial charge in [0.25, 0.3) is 0 Å². The average molecular weight is 485 g/mol. The lowest BCUT2D eigenvalue weighted by molar-refractivity contribution is -1.01. The Kier molecular flexibility index (Phi) is 23.1. The van der Waals surface area contributed by atoms with Crippen LogP contribution in [0.2, 0.25) is 0 Å². The van der Waals surface area contributed by atoms with Crippen LogP contribution in [-0.2, 0) is 0 Å². The van der Waals surface area contributed by atoms with E-state index in [-0.39, 0.29) is 22.4 Å². The summed E-state index contributed by atoms with van der Waals surface area (Å²) in [4.78, 5) is 0.875. The van der Waals surface area contributed by atoms with Gasteiger partial charge in [0.2, 0.25) is 0 Å². The van der Waals surface area contributed by atoms with E-state index in [1.807, 2.05) is 6.26 Å². The molecular formula is C23H50BrNO2S. The number of hydrogen-bond acceptors (Lipinski definition) is 3. The van der Waals surface area contributed by atoms with Crippen LogP contribution in [0, 0.1) is 0 Å². The minimum absolute atomic E-state index is 0. The van der Waals surface area contributed by atoms with E-state index < -0.39 is 5.91 Å². The first-order valence-electron chi connectivity index (χ1n) is 11.8. The van der Waals surface area contributed by atoms with E-state index in [9.17, 15) is 10.2 Å². The molecule has 172 valence electrons. The highest BCUT2D eigenvalue weighted by Gasteiger charge is 2.33. The van der Waals surface area contributed by atoms with Gasteiger partial charge in [-0.05, 0) is 26.0 Å². The van der Waals surface area contributed by atoms with E-state index in [0.29, 0.717) is 0 Å². The monoisotopic (exact) mass is 483 g/mol. The largest absolute Gasteiger partial charge is 1.00 e. The molecule has 3 N–H and O–H groups in total. The van der Waals surface area contributed by atoms with Crippen molar-refractivity contribution >= 4 is 11.8 Å². The fourth-order valence-electron chi connectivity index (χ4n) is 3.83. The van der Waals surface area contributed by atoms with Crippen molar-refractivity contribution in [2.45, 2.75) is 135 Å². The highest BCUT2D eigenvalue weighted by Crippen LogP contribution is 2.13. The molecule has 0 bridgehead atoms. The Labute approximate surface area is 191 Å². The van der Waals surface area contributed by atoms with Crippen molar-refractivity contribution in [2.24, 2.45) is 0 Å². The molecule has 0 rings (SSSR count). The summed E-state index contributed by atoms with van der Waals surface area (Å²) in [7, 11) is 0. The third kappa shape index (κ3) is 18.7. The van der Waals surface area contributed by atoms with E-state index >= 15 is 0 Å². The van der Waals surface area contributed by atoms with Crippen LogP contribution in [-0.4, -0.2) is 34.3 Å².